The first kappa shape index (κ1) is 13.9. The number of aliphatic carboxylic acids is 1. The van der Waals surface area contributed by atoms with Gasteiger partial charge in [-0.3, -0.25) is 4.79 Å². The Labute approximate surface area is 97.6 Å². The molecule has 1 rings (SSSR count). The molecule has 0 bridgehead atoms. The molecule has 3 nitrogen and oxygen atoms in total. The maximum atomic E-state index is 13.2. The normalized spacial score (nSPS) is 11.4. The van der Waals surface area contributed by atoms with Crippen molar-refractivity contribution in [3.8, 4) is 5.75 Å². The standard InChI is InChI=1S/C10H11FO3.BrH/c1-6(10(12)13)7-4-3-5-8(11)9(7)14-2;/h3-6H,1-2H3,(H,12,13);1H. The van der Waals surface area contributed by atoms with Crippen LogP contribution in [0.3, 0.4) is 0 Å². The Bertz CT molecular complexity index is 355. The molecule has 0 saturated carbocycles. The van der Waals surface area contributed by atoms with E-state index in [1.165, 1.54) is 26.2 Å². The Hall–Kier alpha value is -1.10. The second-order valence-corrected chi connectivity index (χ2v) is 2.92. The molecule has 1 atom stereocenters. The van der Waals surface area contributed by atoms with E-state index in [1.807, 2.05) is 0 Å². The van der Waals surface area contributed by atoms with Gasteiger partial charge in [-0.15, -0.1) is 17.0 Å². The summed E-state index contributed by atoms with van der Waals surface area (Å²) in [5, 5.41) is 8.77. The summed E-state index contributed by atoms with van der Waals surface area (Å²) in [5.74, 6) is -2.32. The number of benzene rings is 1. The maximum absolute atomic E-state index is 13.2. The van der Waals surface area contributed by atoms with Crippen LogP contribution in [0.1, 0.15) is 18.4 Å². The third kappa shape index (κ3) is 2.92. The van der Waals surface area contributed by atoms with Gasteiger partial charge in [-0.25, -0.2) is 4.39 Å². The van der Waals surface area contributed by atoms with Crippen LogP contribution in [0.2, 0.25) is 0 Å². The molecule has 5 heteroatoms. The topological polar surface area (TPSA) is 46.5 Å². The highest BCUT2D eigenvalue weighted by Gasteiger charge is 2.20. The highest BCUT2D eigenvalue weighted by Crippen LogP contribution is 2.28. The molecule has 0 aliphatic heterocycles. The van der Waals surface area contributed by atoms with E-state index >= 15 is 0 Å². The Kier molecular flexibility index (Phi) is 5.28. The first-order valence-electron chi connectivity index (χ1n) is 4.13. The second-order valence-electron chi connectivity index (χ2n) is 2.92. The van der Waals surface area contributed by atoms with Crippen LogP contribution in [0.15, 0.2) is 18.2 Å². The number of carboxylic acids is 1. The third-order valence-electron chi connectivity index (χ3n) is 2.04. The lowest BCUT2D eigenvalue weighted by Gasteiger charge is -2.12. The van der Waals surface area contributed by atoms with Gasteiger partial charge in [0.1, 0.15) is 0 Å². The summed E-state index contributed by atoms with van der Waals surface area (Å²) in [7, 11) is 1.32. The Morgan fingerprint density at radius 3 is 2.60 bits per heavy atom. The predicted octanol–water partition coefficient (Wildman–Crippen LogP) is 2.60. The number of carboxylic acid groups (broad SMARTS) is 1. The highest BCUT2D eigenvalue weighted by atomic mass is 79.9. The van der Waals surface area contributed by atoms with E-state index in [2.05, 4.69) is 0 Å². The average molecular weight is 279 g/mol. The molecule has 0 aromatic heterocycles. The monoisotopic (exact) mass is 278 g/mol. The molecule has 0 radical (unpaired) electrons. The zero-order valence-electron chi connectivity index (χ0n) is 8.36. The number of ether oxygens (including phenoxy) is 1. The number of para-hydroxylation sites is 1. The molecular formula is C10H12BrFO3. The van der Waals surface area contributed by atoms with Crippen molar-refractivity contribution in [2.75, 3.05) is 7.11 Å². The molecule has 84 valence electrons. The Morgan fingerprint density at radius 2 is 2.13 bits per heavy atom. The number of carbonyl (C=O) groups is 1. The number of rotatable bonds is 3. The summed E-state index contributed by atoms with van der Waals surface area (Å²) in [6.45, 7) is 1.49. The first-order valence-corrected chi connectivity index (χ1v) is 4.13. The molecule has 15 heavy (non-hydrogen) atoms. The minimum Gasteiger partial charge on any atom is -0.493 e. The van der Waals surface area contributed by atoms with E-state index in [0.717, 1.165) is 0 Å². The van der Waals surface area contributed by atoms with Gasteiger partial charge in [0, 0.05) is 5.56 Å². The van der Waals surface area contributed by atoms with E-state index < -0.39 is 17.7 Å². The molecule has 0 aliphatic rings. The van der Waals surface area contributed by atoms with Crippen molar-refractivity contribution in [2.24, 2.45) is 0 Å². The van der Waals surface area contributed by atoms with E-state index in [-0.39, 0.29) is 22.7 Å². The average Bonchev–Trinajstić information content (AvgIpc) is 2.16. The lowest BCUT2D eigenvalue weighted by molar-refractivity contribution is -0.138. The smallest absolute Gasteiger partial charge is 0.310 e. The van der Waals surface area contributed by atoms with E-state index in [9.17, 15) is 9.18 Å². The molecule has 0 spiro atoms. The zero-order chi connectivity index (χ0) is 10.7. The third-order valence-corrected chi connectivity index (χ3v) is 2.04. The second kappa shape index (κ2) is 5.70. The van der Waals surface area contributed by atoms with Gasteiger partial charge in [-0.05, 0) is 13.0 Å². The summed E-state index contributed by atoms with van der Waals surface area (Å²) in [6, 6.07) is 4.24. The number of hydrogen-bond donors (Lipinski definition) is 1. The first-order chi connectivity index (χ1) is 6.57. The van der Waals surface area contributed by atoms with Crippen molar-refractivity contribution >= 4 is 23.0 Å². The van der Waals surface area contributed by atoms with Gasteiger partial charge < -0.3 is 9.84 Å². The Morgan fingerprint density at radius 1 is 1.53 bits per heavy atom. The zero-order valence-corrected chi connectivity index (χ0v) is 10.1. The van der Waals surface area contributed by atoms with Crippen molar-refractivity contribution in [3.05, 3.63) is 29.6 Å². The molecule has 0 heterocycles. The van der Waals surface area contributed by atoms with Gasteiger partial charge >= 0.3 is 5.97 Å². The molecule has 0 saturated heterocycles. The van der Waals surface area contributed by atoms with Crippen LogP contribution in [0.25, 0.3) is 0 Å². The number of methoxy groups -OCH3 is 1. The fraction of sp³-hybridized carbons (Fsp3) is 0.300. The highest BCUT2D eigenvalue weighted by molar-refractivity contribution is 8.93. The summed E-state index contributed by atoms with van der Waals surface area (Å²) in [4.78, 5) is 10.7. The van der Waals surface area contributed by atoms with E-state index in [0.29, 0.717) is 5.56 Å². The SMILES string of the molecule is Br.COc1c(F)cccc1C(C)C(=O)O. The minimum absolute atomic E-state index is 0. The lowest BCUT2D eigenvalue weighted by Crippen LogP contribution is -2.09. The predicted molar refractivity (Wildman–Crippen MR) is 59.3 cm³/mol. The van der Waals surface area contributed by atoms with Gasteiger partial charge in [0.25, 0.3) is 0 Å². The largest absolute Gasteiger partial charge is 0.493 e. The fourth-order valence-corrected chi connectivity index (χ4v) is 1.21. The summed E-state index contributed by atoms with van der Waals surface area (Å²) < 4.78 is 18.0. The number of halogens is 2. The maximum Gasteiger partial charge on any atom is 0.310 e. The van der Waals surface area contributed by atoms with Gasteiger partial charge in [-0.1, -0.05) is 12.1 Å². The summed E-state index contributed by atoms with van der Waals surface area (Å²) >= 11 is 0. The molecule has 0 amide bonds. The molecule has 1 aromatic carbocycles. The van der Waals surface area contributed by atoms with Gasteiger partial charge in [-0.2, -0.15) is 0 Å². The van der Waals surface area contributed by atoms with Crippen molar-refractivity contribution in [1.82, 2.24) is 0 Å². The van der Waals surface area contributed by atoms with Crippen molar-refractivity contribution in [1.29, 1.82) is 0 Å². The van der Waals surface area contributed by atoms with Gasteiger partial charge in [0.15, 0.2) is 11.6 Å². The van der Waals surface area contributed by atoms with Crippen LogP contribution in [-0.4, -0.2) is 18.2 Å². The van der Waals surface area contributed by atoms with Gasteiger partial charge in [0.2, 0.25) is 0 Å². The van der Waals surface area contributed by atoms with Crippen LogP contribution in [0, 0.1) is 5.82 Å². The van der Waals surface area contributed by atoms with Crippen LogP contribution in [-0.2, 0) is 4.79 Å². The Balaban J connectivity index is 0.00000196. The van der Waals surface area contributed by atoms with Crippen molar-refractivity contribution in [2.45, 2.75) is 12.8 Å². The molecular weight excluding hydrogens is 267 g/mol. The van der Waals surface area contributed by atoms with Gasteiger partial charge in [0.05, 0.1) is 13.0 Å². The van der Waals surface area contributed by atoms with Crippen molar-refractivity contribution in [3.63, 3.8) is 0 Å². The van der Waals surface area contributed by atoms with Crippen LogP contribution >= 0.6 is 17.0 Å². The van der Waals surface area contributed by atoms with Crippen LogP contribution < -0.4 is 4.74 Å². The molecule has 0 aliphatic carbocycles. The van der Waals surface area contributed by atoms with Crippen molar-refractivity contribution < 1.29 is 19.0 Å². The lowest BCUT2D eigenvalue weighted by atomic mass is 10.0. The van der Waals surface area contributed by atoms with Crippen LogP contribution in [0.5, 0.6) is 5.75 Å². The summed E-state index contributed by atoms with van der Waals surface area (Å²) in [5.41, 5.74) is 0.347. The van der Waals surface area contributed by atoms with E-state index in [1.54, 1.807) is 6.07 Å². The number of hydrogen-bond acceptors (Lipinski definition) is 2. The van der Waals surface area contributed by atoms with Crippen LogP contribution in [0.4, 0.5) is 4.39 Å². The fourth-order valence-electron chi connectivity index (χ4n) is 1.21. The summed E-state index contributed by atoms with van der Waals surface area (Å²) in [6.07, 6.45) is 0. The molecule has 1 unspecified atom stereocenters. The quantitative estimate of drug-likeness (QED) is 0.925. The molecule has 0 fully saturated rings. The van der Waals surface area contributed by atoms with E-state index in [4.69, 9.17) is 9.84 Å². The minimum atomic E-state index is -1.01. The molecule has 1 aromatic rings. The molecule has 1 N–H and O–H groups in total.